The first-order valence-electron chi connectivity index (χ1n) is 7.43. The largest absolute Gasteiger partial charge is 0.338 e. The maximum Gasteiger partial charge on any atom is 0.261 e. The Balaban J connectivity index is 1.74. The Kier molecular flexibility index (Phi) is 5.06. The van der Waals surface area contributed by atoms with Crippen LogP contribution < -0.4 is 10.6 Å². The second kappa shape index (κ2) is 7.59. The van der Waals surface area contributed by atoms with Crippen molar-refractivity contribution >= 4 is 34.8 Å². The number of nitriles is 1. The molecule has 2 N–H and O–H groups in total. The molecule has 3 aromatic rings. The summed E-state index contributed by atoms with van der Waals surface area (Å²) < 4.78 is 13.8. The number of benzene rings is 2. The number of nitrogens with one attached hydrogen (secondary N) is 2. The van der Waals surface area contributed by atoms with Crippen LogP contribution in [0.15, 0.2) is 54.6 Å². The summed E-state index contributed by atoms with van der Waals surface area (Å²) >= 11 is 5.86. The summed E-state index contributed by atoms with van der Waals surface area (Å²) in [7, 11) is 0. The Morgan fingerprint density at radius 3 is 2.46 bits per heavy atom. The van der Waals surface area contributed by atoms with E-state index in [2.05, 4.69) is 26.9 Å². The van der Waals surface area contributed by atoms with Crippen LogP contribution in [-0.2, 0) is 0 Å². The van der Waals surface area contributed by atoms with Crippen molar-refractivity contribution < 1.29 is 9.18 Å². The van der Waals surface area contributed by atoms with Gasteiger partial charge in [0.1, 0.15) is 11.9 Å². The summed E-state index contributed by atoms with van der Waals surface area (Å²) in [6, 6.07) is 16.0. The number of nitrogens with zero attached hydrogens (tertiary/aromatic N) is 3. The van der Waals surface area contributed by atoms with Crippen LogP contribution in [0, 0.1) is 17.1 Å². The molecule has 2 aromatic carbocycles. The van der Waals surface area contributed by atoms with E-state index < -0.39 is 11.7 Å². The molecule has 0 bridgehead atoms. The molecule has 0 aliphatic carbocycles. The minimum absolute atomic E-state index is 0.00172. The Morgan fingerprint density at radius 2 is 1.77 bits per heavy atom. The maximum atomic E-state index is 13.8. The van der Waals surface area contributed by atoms with Gasteiger partial charge in [-0.1, -0.05) is 29.8 Å². The molecule has 0 atom stereocenters. The number of anilines is 3. The van der Waals surface area contributed by atoms with Crippen molar-refractivity contribution in [2.24, 2.45) is 0 Å². The second-order valence-electron chi connectivity index (χ2n) is 5.14. The van der Waals surface area contributed by atoms with E-state index in [0.29, 0.717) is 17.1 Å². The summed E-state index contributed by atoms with van der Waals surface area (Å²) in [5, 5.41) is 22.3. The van der Waals surface area contributed by atoms with Crippen molar-refractivity contribution in [2.45, 2.75) is 0 Å². The van der Waals surface area contributed by atoms with Crippen LogP contribution in [0.5, 0.6) is 0 Å². The van der Waals surface area contributed by atoms with Gasteiger partial charge in [0, 0.05) is 0 Å². The van der Waals surface area contributed by atoms with Gasteiger partial charge in [-0.2, -0.15) is 5.26 Å². The molecule has 1 heterocycles. The zero-order valence-electron chi connectivity index (χ0n) is 13.2. The SMILES string of the molecule is N#Cc1ccccc1Nc1ccc(NC(=O)c2c(F)cccc2Cl)nn1. The molecule has 0 saturated heterocycles. The number of rotatable bonds is 4. The molecule has 6 nitrogen and oxygen atoms in total. The highest BCUT2D eigenvalue weighted by atomic mass is 35.5. The smallest absolute Gasteiger partial charge is 0.261 e. The Morgan fingerprint density at radius 1 is 1.04 bits per heavy atom. The molecule has 1 aromatic heterocycles. The molecule has 1 amide bonds. The minimum Gasteiger partial charge on any atom is -0.338 e. The number of hydrogen-bond acceptors (Lipinski definition) is 5. The lowest BCUT2D eigenvalue weighted by atomic mass is 10.2. The van der Waals surface area contributed by atoms with Crippen LogP contribution >= 0.6 is 11.6 Å². The van der Waals surface area contributed by atoms with Crippen molar-refractivity contribution in [3.63, 3.8) is 0 Å². The van der Waals surface area contributed by atoms with Crippen molar-refractivity contribution in [1.29, 1.82) is 5.26 Å². The number of amides is 1. The van der Waals surface area contributed by atoms with E-state index in [9.17, 15) is 9.18 Å². The number of carbonyl (C=O) groups excluding carboxylic acids is 1. The topological polar surface area (TPSA) is 90.7 Å². The van der Waals surface area contributed by atoms with Crippen molar-refractivity contribution in [3.8, 4) is 6.07 Å². The van der Waals surface area contributed by atoms with E-state index in [1.165, 1.54) is 18.2 Å². The fourth-order valence-electron chi connectivity index (χ4n) is 2.19. The Hall–Kier alpha value is -3.50. The molecular weight excluding hydrogens is 357 g/mol. The third-order valence-electron chi connectivity index (χ3n) is 3.41. The molecule has 0 aliphatic rings. The highest BCUT2D eigenvalue weighted by Crippen LogP contribution is 2.21. The van der Waals surface area contributed by atoms with E-state index in [1.807, 2.05) is 0 Å². The Labute approximate surface area is 153 Å². The normalized spacial score (nSPS) is 10.0. The predicted octanol–water partition coefficient (Wildman–Crippen LogP) is 4.14. The van der Waals surface area contributed by atoms with Crippen LogP contribution in [0.25, 0.3) is 0 Å². The number of carbonyl (C=O) groups is 1. The van der Waals surface area contributed by atoms with E-state index >= 15 is 0 Å². The number of para-hydroxylation sites is 1. The summed E-state index contributed by atoms with van der Waals surface area (Å²) in [6.45, 7) is 0. The van der Waals surface area contributed by atoms with Gasteiger partial charge in [-0.15, -0.1) is 10.2 Å². The number of hydrogen-bond donors (Lipinski definition) is 2. The molecule has 3 rings (SSSR count). The van der Waals surface area contributed by atoms with Crippen LogP contribution in [0.1, 0.15) is 15.9 Å². The molecule has 128 valence electrons. The average molecular weight is 368 g/mol. The molecular formula is C18H11ClFN5O. The van der Waals surface area contributed by atoms with Gasteiger partial charge in [-0.05, 0) is 36.4 Å². The summed E-state index contributed by atoms with van der Waals surface area (Å²) in [5.74, 6) is -0.935. The third-order valence-corrected chi connectivity index (χ3v) is 3.72. The molecule has 8 heteroatoms. The summed E-state index contributed by atoms with van der Waals surface area (Å²) in [6.07, 6.45) is 0. The molecule has 0 radical (unpaired) electrons. The standard InChI is InChI=1S/C18H11ClFN5O/c19-12-5-3-6-13(20)17(12)18(26)23-16-9-8-15(24-25-16)22-14-7-2-1-4-11(14)10-21/h1-9H,(H,22,24)(H,23,25,26). The molecule has 0 aliphatic heterocycles. The van der Waals surface area contributed by atoms with E-state index in [1.54, 1.807) is 30.3 Å². The van der Waals surface area contributed by atoms with E-state index in [0.717, 1.165) is 6.07 Å². The van der Waals surface area contributed by atoms with E-state index in [-0.39, 0.29) is 16.4 Å². The first-order chi connectivity index (χ1) is 12.6. The zero-order valence-corrected chi connectivity index (χ0v) is 14.0. The van der Waals surface area contributed by atoms with Gasteiger partial charge in [0.25, 0.3) is 5.91 Å². The van der Waals surface area contributed by atoms with Crippen LogP contribution in [-0.4, -0.2) is 16.1 Å². The van der Waals surface area contributed by atoms with Crippen LogP contribution in [0.2, 0.25) is 5.02 Å². The lowest BCUT2D eigenvalue weighted by Gasteiger charge is -2.09. The predicted molar refractivity (Wildman–Crippen MR) is 95.8 cm³/mol. The molecule has 0 saturated carbocycles. The molecule has 26 heavy (non-hydrogen) atoms. The molecule has 0 unspecified atom stereocenters. The lowest BCUT2D eigenvalue weighted by Crippen LogP contribution is -2.15. The van der Waals surface area contributed by atoms with Gasteiger partial charge in [0.2, 0.25) is 0 Å². The molecule has 0 fully saturated rings. The van der Waals surface area contributed by atoms with Crippen molar-refractivity contribution in [1.82, 2.24) is 10.2 Å². The average Bonchev–Trinajstić information content (AvgIpc) is 2.63. The highest BCUT2D eigenvalue weighted by molar-refractivity contribution is 6.34. The quantitative estimate of drug-likeness (QED) is 0.723. The van der Waals surface area contributed by atoms with Gasteiger partial charge in [0.15, 0.2) is 11.6 Å². The zero-order chi connectivity index (χ0) is 18.5. The summed E-state index contributed by atoms with van der Waals surface area (Å²) in [4.78, 5) is 12.2. The van der Waals surface area contributed by atoms with Crippen LogP contribution in [0.4, 0.5) is 21.7 Å². The van der Waals surface area contributed by atoms with Crippen molar-refractivity contribution in [2.75, 3.05) is 10.6 Å². The van der Waals surface area contributed by atoms with Crippen LogP contribution in [0.3, 0.4) is 0 Å². The number of aromatic nitrogens is 2. The minimum atomic E-state index is -0.727. The fourth-order valence-corrected chi connectivity index (χ4v) is 2.44. The monoisotopic (exact) mass is 367 g/mol. The van der Waals surface area contributed by atoms with E-state index in [4.69, 9.17) is 16.9 Å². The summed E-state index contributed by atoms with van der Waals surface area (Å²) in [5.41, 5.74) is 0.779. The van der Waals surface area contributed by atoms with Crippen molar-refractivity contribution in [3.05, 3.63) is 76.6 Å². The second-order valence-corrected chi connectivity index (χ2v) is 5.54. The fraction of sp³-hybridized carbons (Fsp3) is 0. The number of halogens is 2. The van der Waals surface area contributed by atoms with Gasteiger partial charge in [0.05, 0.1) is 21.8 Å². The first-order valence-corrected chi connectivity index (χ1v) is 7.81. The first kappa shape index (κ1) is 17.3. The van der Waals surface area contributed by atoms with Gasteiger partial charge >= 0.3 is 0 Å². The highest BCUT2D eigenvalue weighted by Gasteiger charge is 2.16. The lowest BCUT2D eigenvalue weighted by molar-refractivity contribution is 0.102. The van der Waals surface area contributed by atoms with Gasteiger partial charge in [-0.3, -0.25) is 4.79 Å². The van der Waals surface area contributed by atoms with Gasteiger partial charge < -0.3 is 10.6 Å². The molecule has 0 spiro atoms. The Bertz CT molecular complexity index is 981. The van der Waals surface area contributed by atoms with Gasteiger partial charge in [-0.25, -0.2) is 4.39 Å². The maximum absolute atomic E-state index is 13.8. The third kappa shape index (κ3) is 3.77.